The van der Waals surface area contributed by atoms with Crippen LogP contribution in [0.3, 0.4) is 0 Å². The predicted octanol–water partition coefficient (Wildman–Crippen LogP) is 3.89. The molecule has 0 bridgehead atoms. The molecule has 0 spiro atoms. The molecule has 1 atom stereocenters. The number of benzene rings is 2. The van der Waals surface area contributed by atoms with E-state index in [-0.39, 0.29) is 24.1 Å². The fourth-order valence-corrected chi connectivity index (χ4v) is 3.54. The molecule has 4 rings (SSSR count). The molecule has 1 aliphatic heterocycles. The van der Waals surface area contributed by atoms with Gasteiger partial charge in [0.15, 0.2) is 11.5 Å². The third-order valence-corrected chi connectivity index (χ3v) is 4.78. The lowest BCUT2D eigenvalue weighted by Gasteiger charge is -2.26. The van der Waals surface area contributed by atoms with Crippen molar-refractivity contribution >= 4 is 11.7 Å². The molecule has 28 heavy (non-hydrogen) atoms. The van der Waals surface area contributed by atoms with Gasteiger partial charge in [0.05, 0.1) is 25.6 Å². The van der Waals surface area contributed by atoms with E-state index in [1.807, 2.05) is 25.1 Å². The summed E-state index contributed by atoms with van der Waals surface area (Å²) in [6.07, 6.45) is 2.01. The number of carbonyl (C=O) groups is 1. The minimum atomic E-state index is -0.329. The second-order valence-electron chi connectivity index (χ2n) is 6.45. The van der Waals surface area contributed by atoms with Crippen LogP contribution in [0.25, 0.3) is 5.69 Å². The van der Waals surface area contributed by atoms with Crippen LogP contribution in [0.5, 0.6) is 11.5 Å². The molecule has 0 aliphatic carbocycles. The standard InChI is InChI=1S/C21H20FN3O3/c1-3-28-20-15(5-4-6-18(20)27-2)16-11-19(26)24-21-17(16)12-23-25(21)14-9-7-13(22)8-10-14/h4-10,12,16H,3,11H2,1-2H3,(H,24,26)/t16-/m0/s1. The molecular formula is C21H20FN3O3. The first kappa shape index (κ1) is 18.0. The number of rotatable bonds is 5. The van der Waals surface area contributed by atoms with Gasteiger partial charge >= 0.3 is 0 Å². The van der Waals surface area contributed by atoms with Crippen LogP contribution in [-0.4, -0.2) is 29.4 Å². The number of fused-ring (bicyclic) bond motifs is 1. The molecule has 0 unspecified atom stereocenters. The van der Waals surface area contributed by atoms with E-state index in [4.69, 9.17) is 9.47 Å². The monoisotopic (exact) mass is 381 g/mol. The Morgan fingerprint density at radius 3 is 2.71 bits per heavy atom. The molecule has 3 aromatic rings. The first-order chi connectivity index (χ1) is 13.6. The SMILES string of the molecule is CCOc1c(OC)cccc1[C@@H]1CC(=O)Nc2c1cnn2-c1ccc(F)cc1. The molecule has 0 fully saturated rings. The van der Waals surface area contributed by atoms with Gasteiger partial charge in [-0.05, 0) is 37.3 Å². The normalized spacial score (nSPS) is 15.7. The first-order valence-electron chi connectivity index (χ1n) is 9.05. The van der Waals surface area contributed by atoms with Crippen LogP contribution in [0, 0.1) is 5.82 Å². The van der Waals surface area contributed by atoms with Crippen molar-refractivity contribution in [2.45, 2.75) is 19.3 Å². The van der Waals surface area contributed by atoms with Gasteiger partial charge in [0, 0.05) is 23.5 Å². The molecule has 0 saturated carbocycles. The summed E-state index contributed by atoms with van der Waals surface area (Å²) in [7, 11) is 1.59. The van der Waals surface area contributed by atoms with Crippen molar-refractivity contribution < 1.29 is 18.7 Å². The Morgan fingerprint density at radius 2 is 2.00 bits per heavy atom. The van der Waals surface area contributed by atoms with Crippen molar-refractivity contribution in [2.24, 2.45) is 0 Å². The molecule has 144 valence electrons. The smallest absolute Gasteiger partial charge is 0.226 e. The van der Waals surface area contributed by atoms with Crippen molar-refractivity contribution in [3.05, 3.63) is 65.6 Å². The summed E-state index contributed by atoms with van der Waals surface area (Å²) >= 11 is 0. The number of para-hydroxylation sites is 1. The number of methoxy groups -OCH3 is 1. The number of nitrogens with one attached hydrogen (secondary N) is 1. The van der Waals surface area contributed by atoms with E-state index in [0.29, 0.717) is 29.6 Å². The number of hydrogen-bond acceptors (Lipinski definition) is 4. The summed E-state index contributed by atoms with van der Waals surface area (Å²) < 4.78 is 26.2. The van der Waals surface area contributed by atoms with E-state index in [9.17, 15) is 9.18 Å². The molecule has 1 aliphatic rings. The lowest BCUT2D eigenvalue weighted by molar-refractivity contribution is -0.116. The third kappa shape index (κ3) is 3.09. The van der Waals surface area contributed by atoms with Crippen molar-refractivity contribution in [1.82, 2.24) is 9.78 Å². The Kier molecular flexibility index (Phi) is 4.73. The van der Waals surface area contributed by atoms with Crippen LogP contribution in [0.15, 0.2) is 48.7 Å². The molecule has 1 N–H and O–H groups in total. The molecule has 1 aromatic heterocycles. The zero-order chi connectivity index (χ0) is 19.7. The maximum absolute atomic E-state index is 13.3. The minimum Gasteiger partial charge on any atom is -0.493 e. The van der Waals surface area contributed by atoms with Gasteiger partial charge in [-0.15, -0.1) is 0 Å². The Hall–Kier alpha value is -3.35. The highest BCUT2D eigenvalue weighted by Crippen LogP contribution is 2.44. The summed E-state index contributed by atoms with van der Waals surface area (Å²) in [5, 5.41) is 7.33. The lowest BCUT2D eigenvalue weighted by atomic mass is 9.86. The van der Waals surface area contributed by atoms with Gasteiger partial charge in [-0.1, -0.05) is 12.1 Å². The number of ether oxygens (including phenoxy) is 2. The third-order valence-electron chi connectivity index (χ3n) is 4.78. The number of carbonyl (C=O) groups excluding carboxylic acids is 1. The second kappa shape index (κ2) is 7.34. The average Bonchev–Trinajstić information content (AvgIpc) is 3.12. The van der Waals surface area contributed by atoms with Crippen LogP contribution >= 0.6 is 0 Å². The van der Waals surface area contributed by atoms with Gasteiger partial charge in [0.1, 0.15) is 11.6 Å². The van der Waals surface area contributed by atoms with Crippen molar-refractivity contribution in [3.8, 4) is 17.2 Å². The fraction of sp³-hybridized carbons (Fsp3) is 0.238. The average molecular weight is 381 g/mol. The zero-order valence-corrected chi connectivity index (χ0v) is 15.6. The van der Waals surface area contributed by atoms with Crippen LogP contribution < -0.4 is 14.8 Å². The van der Waals surface area contributed by atoms with Crippen molar-refractivity contribution in [3.63, 3.8) is 0 Å². The van der Waals surface area contributed by atoms with Gasteiger partial charge in [0.25, 0.3) is 0 Å². The van der Waals surface area contributed by atoms with E-state index in [1.165, 1.54) is 12.1 Å². The van der Waals surface area contributed by atoms with Gasteiger partial charge in [0.2, 0.25) is 5.91 Å². The van der Waals surface area contributed by atoms with E-state index in [0.717, 1.165) is 11.1 Å². The number of nitrogens with zero attached hydrogens (tertiary/aromatic N) is 2. The van der Waals surface area contributed by atoms with Crippen LogP contribution in [-0.2, 0) is 4.79 Å². The summed E-state index contributed by atoms with van der Waals surface area (Å²) in [6, 6.07) is 11.6. The maximum Gasteiger partial charge on any atom is 0.226 e. The van der Waals surface area contributed by atoms with E-state index in [1.54, 1.807) is 30.1 Å². The minimum absolute atomic E-state index is 0.119. The molecule has 0 saturated heterocycles. The maximum atomic E-state index is 13.3. The quantitative estimate of drug-likeness (QED) is 0.728. The van der Waals surface area contributed by atoms with Gasteiger partial charge in [-0.25, -0.2) is 9.07 Å². The van der Waals surface area contributed by atoms with Crippen LogP contribution in [0.4, 0.5) is 10.2 Å². The Labute approximate surface area is 161 Å². The molecule has 2 aromatic carbocycles. The summed E-state index contributed by atoms with van der Waals surface area (Å²) in [4.78, 5) is 12.5. The lowest BCUT2D eigenvalue weighted by Crippen LogP contribution is -2.25. The number of anilines is 1. The fourth-order valence-electron chi connectivity index (χ4n) is 3.54. The number of halogens is 1. The molecule has 1 amide bonds. The summed E-state index contributed by atoms with van der Waals surface area (Å²) in [5.74, 6) is 1.16. The molecular weight excluding hydrogens is 361 g/mol. The number of hydrogen-bond donors (Lipinski definition) is 1. The van der Waals surface area contributed by atoms with Gasteiger partial charge in [-0.3, -0.25) is 4.79 Å². The summed E-state index contributed by atoms with van der Waals surface area (Å²) in [5.41, 5.74) is 2.41. The number of aromatic nitrogens is 2. The first-order valence-corrected chi connectivity index (χ1v) is 9.05. The second-order valence-corrected chi connectivity index (χ2v) is 6.45. The largest absolute Gasteiger partial charge is 0.493 e. The van der Waals surface area contributed by atoms with Crippen molar-refractivity contribution in [1.29, 1.82) is 0 Å². The molecule has 7 heteroatoms. The van der Waals surface area contributed by atoms with E-state index in [2.05, 4.69) is 10.4 Å². The number of amides is 1. The van der Waals surface area contributed by atoms with Gasteiger partial charge < -0.3 is 14.8 Å². The van der Waals surface area contributed by atoms with Gasteiger partial charge in [-0.2, -0.15) is 5.10 Å². The topological polar surface area (TPSA) is 65.4 Å². The Balaban J connectivity index is 1.83. The van der Waals surface area contributed by atoms with E-state index < -0.39 is 0 Å². The highest BCUT2D eigenvalue weighted by Gasteiger charge is 2.33. The highest BCUT2D eigenvalue weighted by molar-refractivity contribution is 5.94. The molecule has 6 nitrogen and oxygen atoms in total. The Morgan fingerprint density at radius 1 is 1.21 bits per heavy atom. The van der Waals surface area contributed by atoms with Crippen molar-refractivity contribution in [2.75, 3.05) is 19.0 Å². The van der Waals surface area contributed by atoms with Crippen LogP contribution in [0.1, 0.15) is 30.4 Å². The Bertz CT molecular complexity index is 1010. The molecule has 0 radical (unpaired) electrons. The molecule has 2 heterocycles. The summed E-state index contributed by atoms with van der Waals surface area (Å²) in [6.45, 7) is 2.38. The zero-order valence-electron chi connectivity index (χ0n) is 15.6. The predicted molar refractivity (Wildman–Crippen MR) is 103 cm³/mol. The van der Waals surface area contributed by atoms with Crippen LogP contribution in [0.2, 0.25) is 0 Å². The highest BCUT2D eigenvalue weighted by atomic mass is 19.1. The van der Waals surface area contributed by atoms with E-state index >= 15 is 0 Å².